The van der Waals surface area contributed by atoms with Crippen molar-refractivity contribution in [3.05, 3.63) is 127 Å². The standard InChI is InChI=1S/C37H43N7O3/c1-46-32-18-14-30(15-19-32)42-37(45)34-12-10-25-41-36(34)40-24-7-4-3-6-23-39-35-13-5-8-26-43(35)44(28-29-11-9-22-38-27-29)31-16-20-33(47-2)21-17-31/h5,8-22,25,27,39H,3-4,6-7,23-24,26,28H2,1-2H3,(H,40,41)(H,42,45). The van der Waals surface area contributed by atoms with E-state index in [1.807, 2.05) is 48.7 Å². The quantitative estimate of drug-likeness (QED) is 0.110. The van der Waals surface area contributed by atoms with Crippen molar-refractivity contribution in [3.8, 4) is 11.5 Å². The molecule has 10 nitrogen and oxygen atoms in total. The van der Waals surface area contributed by atoms with Gasteiger partial charge >= 0.3 is 0 Å². The van der Waals surface area contributed by atoms with Gasteiger partial charge in [0.2, 0.25) is 0 Å². The van der Waals surface area contributed by atoms with E-state index in [4.69, 9.17) is 9.47 Å². The van der Waals surface area contributed by atoms with Gasteiger partial charge in [0, 0.05) is 37.4 Å². The second-order valence-corrected chi connectivity index (χ2v) is 11.0. The third-order valence-electron chi connectivity index (χ3n) is 7.77. The Morgan fingerprint density at radius 1 is 0.851 bits per heavy atom. The Morgan fingerprint density at radius 3 is 2.26 bits per heavy atom. The Bertz CT molecular complexity index is 1610. The number of nitrogens with zero attached hydrogens (tertiary/aromatic N) is 4. The van der Waals surface area contributed by atoms with Crippen molar-refractivity contribution >= 4 is 23.1 Å². The lowest BCUT2D eigenvalue weighted by Gasteiger charge is -2.40. The van der Waals surface area contributed by atoms with Gasteiger partial charge in [0.15, 0.2) is 0 Å². The number of hydrazine groups is 1. The van der Waals surface area contributed by atoms with Gasteiger partial charge in [0.05, 0.1) is 38.6 Å². The minimum atomic E-state index is -0.205. The molecular formula is C37H43N7O3. The fraction of sp³-hybridized carbons (Fsp3) is 0.270. The average molecular weight is 634 g/mol. The van der Waals surface area contributed by atoms with Crippen molar-refractivity contribution in [2.24, 2.45) is 0 Å². The van der Waals surface area contributed by atoms with Gasteiger partial charge in [-0.1, -0.05) is 31.1 Å². The first-order valence-electron chi connectivity index (χ1n) is 16.0. The molecule has 3 N–H and O–H groups in total. The van der Waals surface area contributed by atoms with Crippen LogP contribution >= 0.6 is 0 Å². The summed E-state index contributed by atoms with van der Waals surface area (Å²) in [6.07, 6.45) is 16.0. The monoisotopic (exact) mass is 633 g/mol. The van der Waals surface area contributed by atoms with Gasteiger partial charge in [-0.3, -0.25) is 19.8 Å². The Morgan fingerprint density at radius 2 is 1.55 bits per heavy atom. The van der Waals surface area contributed by atoms with Crippen LogP contribution in [0.4, 0.5) is 17.2 Å². The van der Waals surface area contributed by atoms with Crippen LogP contribution in [0.15, 0.2) is 115 Å². The first-order chi connectivity index (χ1) is 23.1. The van der Waals surface area contributed by atoms with Gasteiger partial charge in [-0.25, -0.2) is 4.98 Å². The lowest BCUT2D eigenvalue weighted by Crippen LogP contribution is -2.46. The molecule has 0 atom stereocenters. The molecule has 4 aromatic rings. The number of unbranched alkanes of at least 4 members (excludes halogenated alkanes) is 3. The predicted molar refractivity (Wildman–Crippen MR) is 187 cm³/mol. The fourth-order valence-electron chi connectivity index (χ4n) is 5.25. The lowest BCUT2D eigenvalue weighted by atomic mass is 10.2. The zero-order valence-electron chi connectivity index (χ0n) is 27.1. The molecule has 0 saturated carbocycles. The van der Waals surface area contributed by atoms with Gasteiger partial charge in [0.25, 0.3) is 5.91 Å². The third kappa shape index (κ3) is 9.49. The van der Waals surface area contributed by atoms with E-state index in [0.717, 1.165) is 73.9 Å². The van der Waals surface area contributed by atoms with Gasteiger partial charge in [-0.05, 0) is 91.2 Å². The Kier molecular flexibility index (Phi) is 12.1. The maximum absolute atomic E-state index is 12.9. The molecule has 0 unspecified atom stereocenters. The molecule has 3 heterocycles. The SMILES string of the molecule is COc1ccc(NC(=O)c2cccnc2NCCCCCCNC2=CC=CCN2N(Cc2cccnc2)c2ccc(OC)cc2)cc1. The van der Waals surface area contributed by atoms with E-state index >= 15 is 0 Å². The molecular weight excluding hydrogens is 590 g/mol. The predicted octanol–water partition coefficient (Wildman–Crippen LogP) is 6.64. The van der Waals surface area contributed by atoms with E-state index in [1.165, 1.54) is 0 Å². The number of aromatic nitrogens is 2. The summed E-state index contributed by atoms with van der Waals surface area (Å²) in [5.74, 6) is 3.01. The highest BCUT2D eigenvalue weighted by Crippen LogP contribution is 2.26. The number of allylic oxidation sites excluding steroid dienone is 2. The van der Waals surface area contributed by atoms with Crippen LogP contribution in [0.1, 0.15) is 41.6 Å². The molecule has 2 aromatic heterocycles. The summed E-state index contributed by atoms with van der Waals surface area (Å²) in [7, 11) is 3.30. The zero-order chi connectivity index (χ0) is 32.7. The van der Waals surface area contributed by atoms with E-state index in [0.29, 0.717) is 23.6 Å². The van der Waals surface area contributed by atoms with Gasteiger partial charge in [0.1, 0.15) is 23.1 Å². The number of carbonyl (C=O) groups is 1. The molecule has 0 fully saturated rings. The molecule has 1 aliphatic heterocycles. The number of amides is 1. The Hall–Kier alpha value is -5.51. The Labute approximate surface area is 277 Å². The molecule has 47 heavy (non-hydrogen) atoms. The summed E-state index contributed by atoms with van der Waals surface area (Å²) < 4.78 is 10.6. The Balaban J connectivity index is 1.08. The summed E-state index contributed by atoms with van der Waals surface area (Å²) in [5.41, 5.74) is 3.41. The summed E-state index contributed by atoms with van der Waals surface area (Å²) in [5, 5.41) is 14.5. The van der Waals surface area contributed by atoms with Crippen LogP contribution in [0, 0.1) is 0 Å². The van der Waals surface area contributed by atoms with Crippen LogP contribution in [0.3, 0.4) is 0 Å². The average Bonchev–Trinajstić information content (AvgIpc) is 3.13. The van der Waals surface area contributed by atoms with Crippen molar-refractivity contribution in [2.75, 3.05) is 49.5 Å². The number of ether oxygens (including phenoxy) is 2. The number of anilines is 3. The van der Waals surface area contributed by atoms with Crippen molar-refractivity contribution in [3.63, 3.8) is 0 Å². The van der Waals surface area contributed by atoms with E-state index < -0.39 is 0 Å². The van der Waals surface area contributed by atoms with Crippen molar-refractivity contribution in [1.29, 1.82) is 0 Å². The minimum Gasteiger partial charge on any atom is -0.497 e. The van der Waals surface area contributed by atoms with E-state index in [1.54, 1.807) is 38.7 Å². The largest absolute Gasteiger partial charge is 0.497 e. The minimum absolute atomic E-state index is 0.205. The molecule has 1 aliphatic rings. The van der Waals surface area contributed by atoms with Crippen LogP contribution in [-0.2, 0) is 6.54 Å². The van der Waals surface area contributed by atoms with Crippen LogP contribution in [0.2, 0.25) is 0 Å². The number of pyridine rings is 2. The third-order valence-corrected chi connectivity index (χ3v) is 7.77. The number of methoxy groups -OCH3 is 2. The van der Waals surface area contributed by atoms with Crippen LogP contribution < -0.4 is 30.4 Å². The van der Waals surface area contributed by atoms with E-state index in [9.17, 15) is 4.79 Å². The van der Waals surface area contributed by atoms with E-state index in [-0.39, 0.29) is 5.91 Å². The number of benzene rings is 2. The van der Waals surface area contributed by atoms with Gasteiger partial charge < -0.3 is 25.4 Å². The molecule has 0 aliphatic carbocycles. The van der Waals surface area contributed by atoms with Crippen molar-refractivity contribution < 1.29 is 14.3 Å². The zero-order valence-corrected chi connectivity index (χ0v) is 27.1. The highest BCUT2D eigenvalue weighted by Gasteiger charge is 2.20. The molecule has 10 heteroatoms. The maximum atomic E-state index is 12.9. The summed E-state index contributed by atoms with van der Waals surface area (Å²) >= 11 is 0. The fourth-order valence-corrected chi connectivity index (χ4v) is 5.25. The van der Waals surface area contributed by atoms with E-state index in [2.05, 4.69) is 72.4 Å². The van der Waals surface area contributed by atoms with Crippen LogP contribution in [-0.4, -0.2) is 54.7 Å². The molecule has 5 rings (SSSR count). The highest BCUT2D eigenvalue weighted by molar-refractivity contribution is 6.07. The first kappa shape index (κ1) is 32.9. The topological polar surface area (TPSA) is 104 Å². The van der Waals surface area contributed by atoms with Gasteiger partial charge in [-0.2, -0.15) is 0 Å². The van der Waals surface area contributed by atoms with Crippen LogP contribution in [0.5, 0.6) is 11.5 Å². The smallest absolute Gasteiger partial charge is 0.259 e. The normalized spacial score (nSPS) is 12.2. The number of hydrogen-bond acceptors (Lipinski definition) is 9. The summed E-state index contributed by atoms with van der Waals surface area (Å²) in [6, 6.07) is 23.0. The second kappa shape index (κ2) is 17.3. The van der Waals surface area contributed by atoms with Crippen molar-refractivity contribution in [2.45, 2.75) is 32.2 Å². The lowest BCUT2D eigenvalue weighted by molar-refractivity contribution is 0.102. The molecule has 2 aromatic carbocycles. The highest BCUT2D eigenvalue weighted by atomic mass is 16.5. The first-order valence-corrected chi connectivity index (χ1v) is 16.0. The number of rotatable bonds is 17. The molecule has 0 radical (unpaired) electrons. The molecule has 0 saturated heterocycles. The number of nitrogens with one attached hydrogen (secondary N) is 3. The molecule has 0 spiro atoms. The van der Waals surface area contributed by atoms with Crippen LogP contribution in [0.25, 0.3) is 0 Å². The number of hydrogen-bond donors (Lipinski definition) is 3. The number of carbonyl (C=O) groups excluding carboxylic acids is 1. The van der Waals surface area contributed by atoms with Crippen molar-refractivity contribution in [1.82, 2.24) is 20.3 Å². The summed E-state index contributed by atoms with van der Waals surface area (Å²) in [6.45, 7) is 3.04. The molecule has 0 bridgehead atoms. The molecule has 244 valence electrons. The molecule has 1 amide bonds. The van der Waals surface area contributed by atoms with Gasteiger partial charge in [-0.15, -0.1) is 0 Å². The summed E-state index contributed by atoms with van der Waals surface area (Å²) in [4.78, 5) is 21.7. The maximum Gasteiger partial charge on any atom is 0.259 e. The second-order valence-electron chi connectivity index (χ2n) is 11.0.